The number of nitrogens with one attached hydrogen (secondary N) is 1. The first-order chi connectivity index (χ1) is 17.5. The Kier molecular flexibility index (Phi) is 9.40. The number of alkyl halides is 3. The van der Waals surface area contributed by atoms with E-state index in [1.54, 1.807) is 10.7 Å². The van der Waals surface area contributed by atoms with Crippen LogP contribution in [0.15, 0.2) is 48.7 Å². The Morgan fingerprint density at radius 1 is 1.00 bits per heavy atom. The van der Waals surface area contributed by atoms with Crippen molar-refractivity contribution in [2.24, 2.45) is 0 Å². The Balaban J connectivity index is 2.29. The van der Waals surface area contributed by atoms with Crippen molar-refractivity contribution in [3.63, 3.8) is 0 Å². The molecule has 2 aromatic carbocycles. The standard InChI is InChI=1S/C26H34F3N2O4PS/c1-4-7-8-12-15-22-24(31(36(32,5-2)6-3)19-20-13-10-9-11-14-20)18-23-21(16-17-30-23)25(22)35-37(33,34)26(27,28)29/h9-11,13-14,16-18,30H,4-8,12,15,19H2,1-3H3. The maximum atomic E-state index is 14.2. The average Bonchev–Trinajstić information content (AvgIpc) is 3.34. The Bertz CT molecular complexity index is 1330. The molecule has 0 fully saturated rings. The lowest BCUT2D eigenvalue weighted by atomic mass is 10.0. The van der Waals surface area contributed by atoms with Gasteiger partial charge in [-0.15, -0.1) is 0 Å². The van der Waals surface area contributed by atoms with E-state index in [4.69, 9.17) is 4.18 Å². The number of hydrogen-bond donors (Lipinski definition) is 1. The third kappa shape index (κ3) is 6.52. The molecule has 0 aliphatic heterocycles. The van der Waals surface area contributed by atoms with E-state index in [0.717, 1.165) is 24.8 Å². The van der Waals surface area contributed by atoms with Gasteiger partial charge in [-0.3, -0.25) is 0 Å². The van der Waals surface area contributed by atoms with Gasteiger partial charge in [-0.25, -0.2) is 0 Å². The van der Waals surface area contributed by atoms with Crippen LogP contribution in [0.1, 0.15) is 57.6 Å². The fraction of sp³-hybridized carbons (Fsp3) is 0.462. The second-order valence-electron chi connectivity index (χ2n) is 8.96. The van der Waals surface area contributed by atoms with E-state index in [2.05, 4.69) is 4.98 Å². The quantitative estimate of drug-likeness (QED) is 0.100. The first kappa shape index (κ1) is 29.1. The van der Waals surface area contributed by atoms with Gasteiger partial charge in [-0.2, -0.15) is 21.6 Å². The smallest absolute Gasteiger partial charge is 0.375 e. The lowest BCUT2D eigenvalue weighted by Crippen LogP contribution is -2.29. The monoisotopic (exact) mass is 558 g/mol. The Morgan fingerprint density at radius 2 is 1.68 bits per heavy atom. The number of fused-ring (bicyclic) bond motifs is 1. The van der Waals surface area contributed by atoms with Gasteiger partial charge < -0.3 is 18.4 Å². The molecule has 11 heteroatoms. The summed E-state index contributed by atoms with van der Waals surface area (Å²) < 4.78 is 85.3. The molecule has 0 amide bonds. The molecular formula is C26H34F3N2O4PS. The zero-order valence-electron chi connectivity index (χ0n) is 21.3. The fourth-order valence-electron chi connectivity index (χ4n) is 4.39. The summed E-state index contributed by atoms with van der Waals surface area (Å²) in [5.41, 5.74) is -3.57. The number of unbranched alkanes of at least 4 members (excludes halogenated alkanes) is 3. The van der Waals surface area contributed by atoms with Gasteiger partial charge in [0.1, 0.15) is 0 Å². The first-order valence-corrected chi connectivity index (χ1v) is 15.9. The van der Waals surface area contributed by atoms with Crippen LogP contribution in [0.4, 0.5) is 18.9 Å². The van der Waals surface area contributed by atoms with Crippen LogP contribution < -0.4 is 8.85 Å². The zero-order chi connectivity index (χ0) is 27.3. The van der Waals surface area contributed by atoms with Crippen LogP contribution in [0.2, 0.25) is 0 Å². The van der Waals surface area contributed by atoms with Crippen LogP contribution in [0.5, 0.6) is 5.75 Å². The van der Waals surface area contributed by atoms with Crippen LogP contribution >= 0.6 is 7.29 Å². The molecule has 37 heavy (non-hydrogen) atoms. The van der Waals surface area contributed by atoms with E-state index < -0.39 is 22.9 Å². The highest BCUT2D eigenvalue weighted by Crippen LogP contribution is 2.55. The maximum Gasteiger partial charge on any atom is 0.534 e. The summed E-state index contributed by atoms with van der Waals surface area (Å²) in [5, 5.41) is 0.226. The van der Waals surface area contributed by atoms with E-state index in [1.165, 1.54) is 12.3 Å². The third-order valence-corrected chi connectivity index (χ3v) is 10.7. The van der Waals surface area contributed by atoms with Crippen molar-refractivity contribution < 1.29 is 30.3 Å². The number of aromatic amines is 1. The van der Waals surface area contributed by atoms with Gasteiger partial charge in [-0.05, 0) is 30.5 Å². The minimum atomic E-state index is -5.93. The summed E-state index contributed by atoms with van der Waals surface area (Å²) in [5.74, 6) is -0.362. The molecule has 1 aromatic heterocycles. The molecular weight excluding hydrogens is 524 g/mol. The SMILES string of the molecule is CCCCCCc1c(N(Cc2ccccc2)P(=O)(CC)CC)cc2[nH]ccc2c1OS(=O)(=O)C(F)(F)F. The largest absolute Gasteiger partial charge is 0.534 e. The normalized spacial score (nSPS) is 12.7. The van der Waals surface area contributed by atoms with Crippen molar-refractivity contribution in [3.05, 3.63) is 59.8 Å². The minimum Gasteiger partial charge on any atom is -0.375 e. The van der Waals surface area contributed by atoms with E-state index in [-0.39, 0.29) is 24.1 Å². The van der Waals surface area contributed by atoms with Crippen LogP contribution in [0.25, 0.3) is 10.9 Å². The molecule has 0 radical (unpaired) electrons. The molecule has 0 spiro atoms. The number of nitrogens with zero attached hydrogens (tertiary/aromatic N) is 1. The lowest BCUT2D eigenvalue weighted by Gasteiger charge is -2.35. The summed E-state index contributed by atoms with van der Waals surface area (Å²) >= 11 is 0. The van der Waals surface area contributed by atoms with Gasteiger partial charge in [0, 0.05) is 36.0 Å². The number of hydrogen-bond acceptors (Lipinski definition) is 4. The van der Waals surface area contributed by atoms with E-state index in [1.807, 2.05) is 51.1 Å². The van der Waals surface area contributed by atoms with Crippen LogP contribution in [-0.4, -0.2) is 31.2 Å². The Labute approximate surface area is 216 Å². The Hall–Kier alpha value is -2.45. The summed E-state index contributed by atoms with van der Waals surface area (Å²) in [6.07, 6.45) is 5.77. The second-order valence-corrected chi connectivity index (χ2v) is 13.9. The maximum absolute atomic E-state index is 14.2. The number of benzene rings is 2. The van der Waals surface area contributed by atoms with Crippen LogP contribution in [-0.2, 0) is 27.6 Å². The number of H-pyrrole nitrogens is 1. The van der Waals surface area contributed by atoms with E-state index >= 15 is 0 Å². The van der Waals surface area contributed by atoms with Crippen molar-refractivity contribution >= 4 is 34.0 Å². The highest BCUT2D eigenvalue weighted by atomic mass is 32.2. The first-order valence-electron chi connectivity index (χ1n) is 12.5. The molecule has 0 atom stereocenters. The van der Waals surface area contributed by atoms with Gasteiger partial charge >= 0.3 is 15.6 Å². The molecule has 3 rings (SSSR count). The topological polar surface area (TPSA) is 79.5 Å². The molecule has 0 bridgehead atoms. The lowest BCUT2D eigenvalue weighted by molar-refractivity contribution is -0.0499. The highest BCUT2D eigenvalue weighted by molar-refractivity contribution is 7.88. The van der Waals surface area contributed by atoms with E-state index in [0.29, 0.717) is 35.5 Å². The van der Waals surface area contributed by atoms with Crippen molar-refractivity contribution in [2.75, 3.05) is 17.0 Å². The molecule has 0 aliphatic carbocycles. The van der Waals surface area contributed by atoms with Crippen LogP contribution in [0, 0.1) is 0 Å². The summed E-state index contributed by atoms with van der Waals surface area (Å²) in [7, 11) is -8.95. The van der Waals surface area contributed by atoms with Crippen LogP contribution in [0.3, 0.4) is 0 Å². The van der Waals surface area contributed by atoms with Crippen molar-refractivity contribution in [3.8, 4) is 5.75 Å². The molecule has 0 saturated heterocycles. The molecule has 1 heterocycles. The number of anilines is 1. The van der Waals surface area contributed by atoms with Gasteiger partial charge in [0.15, 0.2) is 13.0 Å². The van der Waals surface area contributed by atoms with Gasteiger partial charge in [0.25, 0.3) is 0 Å². The molecule has 0 unspecified atom stereocenters. The van der Waals surface area contributed by atoms with Gasteiger partial charge in [-0.1, -0.05) is 70.4 Å². The molecule has 0 aliphatic rings. The third-order valence-electron chi connectivity index (χ3n) is 6.53. The molecule has 1 N–H and O–H groups in total. The van der Waals surface area contributed by atoms with Crippen molar-refractivity contribution in [1.82, 2.24) is 4.98 Å². The summed E-state index contributed by atoms with van der Waals surface area (Å²) in [6, 6.07) is 12.6. The molecule has 3 aromatic rings. The van der Waals surface area contributed by atoms with Crippen molar-refractivity contribution in [1.29, 1.82) is 0 Å². The zero-order valence-corrected chi connectivity index (χ0v) is 23.1. The predicted molar refractivity (Wildman–Crippen MR) is 143 cm³/mol. The van der Waals surface area contributed by atoms with Gasteiger partial charge in [0.05, 0.1) is 11.2 Å². The summed E-state index contributed by atoms with van der Waals surface area (Å²) in [6.45, 7) is 5.94. The predicted octanol–water partition coefficient (Wildman–Crippen LogP) is 7.84. The molecule has 204 valence electrons. The minimum absolute atomic E-state index is 0.226. The number of rotatable bonds is 13. The van der Waals surface area contributed by atoms with Gasteiger partial charge in [0.2, 0.25) is 0 Å². The Morgan fingerprint density at radius 3 is 2.27 bits per heavy atom. The number of halogens is 3. The fourth-order valence-corrected chi connectivity index (χ4v) is 7.01. The number of aromatic nitrogens is 1. The molecule has 0 saturated carbocycles. The van der Waals surface area contributed by atoms with E-state index in [9.17, 15) is 26.2 Å². The molecule has 6 nitrogen and oxygen atoms in total. The second kappa shape index (κ2) is 11.9. The average molecular weight is 559 g/mol. The highest BCUT2D eigenvalue weighted by Gasteiger charge is 2.49. The van der Waals surface area contributed by atoms with Crippen molar-refractivity contribution in [2.45, 2.75) is 64.9 Å². The summed E-state index contributed by atoms with van der Waals surface area (Å²) in [4.78, 5) is 2.96.